The zero-order valence-electron chi connectivity index (χ0n) is 14.5. The highest BCUT2D eigenvalue weighted by molar-refractivity contribution is 6.30. The van der Waals surface area contributed by atoms with Crippen molar-refractivity contribution in [2.75, 3.05) is 0 Å². The van der Waals surface area contributed by atoms with Gasteiger partial charge in [-0.05, 0) is 28.8 Å². The highest BCUT2D eigenvalue weighted by atomic mass is 35.5. The average Bonchev–Trinajstić information content (AvgIpc) is 2.96. The Bertz CT molecular complexity index is 982. The highest BCUT2D eigenvalue weighted by Crippen LogP contribution is 2.43. The number of carbonyl (C=O) groups excluding carboxylic acids is 1. The Hall–Kier alpha value is -3.04. The Kier molecular flexibility index (Phi) is 4.69. The van der Waals surface area contributed by atoms with Crippen LogP contribution in [0.5, 0.6) is 0 Å². The van der Waals surface area contributed by atoms with Crippen LogP contribution in [0.25, 0.3) is 5.57 Å². The summed E-state index contributed by atoms with van der Waals surface area (Å²) in [5, 5.41) is 11.4. The third-order valence-corrected chi connectivity index (χ3v) is 5.02. The molecule has 27 heavy (non-hydrogen) atoms. The fraction of sp³-hybridized carbons (Fsp3) is 0.0870. The maximum absolute atomic E-state index is 12.9. The molecule has 3 nitrogen and oxygen atoms in total. The van der Waals surface area contributed by atoms with Gasteiger partial charge in [0.2, 0.25) is 0 Å². The zero-order chi connectivity index (χ0) is 18.8. The molecule has 0 fully saturated rings. The van der Waals surface area contributed by atoms with E-state index >= 15 is 0 Å². The van der Waals surface area contributed by atoms with E-state index in [1.54, 1.807) is 17.0 Å². The smallest absolute Gasteiger partial charge is 0.290 e. The zero-order valence-corrected chi connectivity index (χ0v) is 15.3. The average molecular weight is 376 g/mol. The number of aliphatic hydroxyl groups is 1. The van der Waals surface area contributed by atoms with E-state index in [0.29, 0.717) is 17.1 Å². The normalized spacial score (nSPS) is 16.9. The first-order chi connectivity index (χ1) is 13.1. The van der Waals surface area contributed by atoms with E-state index in [1.807, 2.05) is 72.8 Å². The molecule has 3 aromatic rings. The second kappa shape index (κ2) is 7.29. The summed E-state index contributed by atoms with van der Waals surface area (Å²) in [5.41, 5.74) is 3.40. The van der Waals surface area contributed by atoms with E-state index in [9.17, 15) is 9.90 Å². The third-order valence-electron chi connectivity index (χ3n) is 4.77. The van der Waals surface area contributed by atoms with Gasteiger partial charge in [-0.2, -0.15) is 0 Å². The second-order valence-electron chi connectivity index (χ2n) is 6.50. The number of carbonyl (C=O) groups is 1. The van der Waals surface area contributed by atoms with Crippen molar-refractivity contribution in [2.45, 2.75) is 12.6 Å². The van der Waals surface area contributed by atoms with Crippen LogP contribution in [0.15, 0.2) is 90.7 Å². The van der Waals surface area contributed by atoms with Gasteiger partial charge in [0.05, 0.1) is 6.04 Å². The Morgan fingerprint density at radius 3 is 2.07 bits per heavy atom. The predicted molar refractivity (Wildman–Crippen MR) is 107 cm³/mol. The lowest BCUT2D eigenvalue weighted by atomic mass is 9.93. The van der Waals surface area contributed by atoms with Crippen molar-refractivity contribution < 1.29 is 9.90 Å². The van der Waals surface area contributed by atoms with Gasteiger partial charge in [0, 0.05) is 17.1 Å². The molecule has 0 aliphatic carbocycles. The molecule has 0 spiro atoms. The molecule has 0 unspecified atom stereocenters. The van der Waals surface area contributed by atoms with Gasteiger partial charge >= 0.3 is 0 Å². The van der Waals surface area contributed by atoms with Gasteiger partial charge < -0.3 is 10.0 Å². The van der Waals surface area contributed by atoms with Gasteiger partial charge in [-0.1, -0.05) is 84.4 Å². The maximum atomic E-state index is 12.9. The molecule has 4 rings (SSSR count). The summed E-state index contributed by atoms with van der Waals surface area (Å²) in [7, 11) is 0. The number of halogens is 1. The van der Waals surface area contributed by atoms with Crippen LogP contribution in [0.3, 0.4) is 0 Å². The van der Waals surface area contributed by atoms with Crippen LogP contribution in [-0.4, -0.2) is 15.9 Å². The van der Waals surface area contributed by atoms with Crippen LogP contribution in [0.4, 0.5) is 0 Å². The van der Waals surface area contributed by atoms with Crippen molar-refractivity contribution in [3.8, 4) is 0 Å². The monoisotopic (exact) mass is 375 g/mol. The van der Waals surface area contributed by atoms with Crippen LogP contribution in [0.2, 0.25) is 5.02 Å². The van der Waals surface area contributed by atoms with Crippen LogP contribution in [0, 0.1) is 0 Å². The van der Waals surface area contributed by atoms with Crippen molar-refractivity contribution in [3.63, 3.8) is 0 Å². The molecule has 134 valence electrons. The minimum Gasteiger partial charge on any atom is -0.503 e. The number of hydrogen-bond acceptors (Lipinski definition) is 2. The van der Waals surface area contributed by atoms with E-state index in [4.69, 9.17) is 11.6 Å². The van der Waals surface area contributed by atoms with E-state index in [1.165, 1.54) is 0 Å². The SMILES string of the molecule is O=C1C(O)=C(c2ccccc2)[C@H](c2ccccc2)N1Cc1ccc(Cl)cc1. The van der Waals surface area contributed by atoms with Crippen molar-refractivity contribution in [3.05, 3.63) is 112 Å². The van der Waals surface area contributed by atoms with Crippen LogP contribution >= 0.6 is 11.6 Å². The Balaban J connectivity index is 1.79. The summed E-state index contributed by atoms with van der Waals surface area (Å²) in [4.78, 5) is 14.6. The molecule has 0 bridgehead atoms. The minimum atomic E-state index is -0.363. The van der Waals surface area contributed by atoms with Gasteiger partial charge in [0.25, 0.3) is 5.91 Å². The largest absolute Gasteiger partial charge is 0.503 e. The highest BCUT2D eigenvalue weighted by Gasteiger charge is 2.40. The number of aliphatic hydroxyl groups excluding tert-OH is 1. The second-order valence-corrected chi connectivity index (χ2v) is 6.94. The van der Waals surface area contributed by atoms with Crippen molar-refractivity contribution >= 4 is 23.1 Å². The summed E-state index contributed by atoms with van der Waals surface area (Å²) in [6, 6.07) is 26.4. The van der Waals surface area contributed by atoms with Crippen molar-refractivity contribution in [1.29, 1.82) is 0 Å². The fourth-order valence-corrected chi connectivity index (χ4v) is 3.62. The topological polar surface area (TPSA) is 40.5 Å². The molecule has 3 aromatic carbocycles. The Morgan fingerprint density at radius 1 is 0.852 bits per heavy atom. The molecular formula is C23H18ClNO2. The fourth-order valence-electron chi connectivity index (χ4n) is 3.50. The quantitative estimate of drug-likeness (QED) is 0.663. The third kappa shape index (κ3) is 3.34. The first kappa shape index (κ1) is 17.4. The summed E-state index contributed by atoms with van der Waals surface area (Å²) in [6.45, 7) is 0.385. The molecule has 1 N–H and O–H groups in total. The minimum absolute atomic E-state index is 0.191. The van der Waals surface area contributed by atoms with Crippen LogP contribution < -0.4 is 0 Å². The number of hydrogen-bond donors (Lipinski definition) is 1. The van der Waals surface area contributed by atoms with Gasteiger partial charge in [0.15, 0.2) is 5.76 Å². The molecule has 1 aliphatic rings. The van der Waals surface area contributed by atoms with E-state index < -0.39 is 0 Å². The van der Waals surface area contributed by atoms with Gasteiger partial charge in [-0.25, -0.2) is 0 Å². The summed E-state index contributed by atoms with van der Waals surface area (Å²) in [5.74, 6) is -0.554. The molecular weight excluding hydrogens is 358 g/mol. The molecule has 0 saturated carbocycles. The van der Waals surface area contributed by atoms with Crippen molar-refractivity contribution in [1.82, 2.24) is 4.90 Å². The lowest BCUT2D eigenvalue weighted by molar-refractivity contribution is -0.130. The Labute approximate surface area is 163 Å². The number of nitrogens with zero attached hydrogens (tertiary/aromatic N) is 1. The number of rotatable bonds is 4. The maximum Gasteiger partial charge on any atom is 0.290 e. The summed E-state index contributed by atoms with van der Waals surface area (Å²) in [6.07, 6.45) is 0. The number of amides is 1. The lowest BCUT2D eigenvalue weighted by Gasteiger charge is -2.27. The summed E-state index contributed by atoms with van der Waals surface area (Å²) >= 11 is 5.98. The standard InChI is InChI=1S/C23H18ClNO2/c24-19-13-11-16(12-14-19)15-25-21(18-9-5-2-6-10-18)20(22(26)23(25)27)17-7-3-1-4-8-17/h1-14,21,26H,15H2/t21-/m0/s1. The van der Waals surface area contributed by atoms with E-state index in [2.05, 4.69) is 0 Å². The van der Waals surface area contributed by atoms with Gasteiger partial charge in [-0.3, -0.25) is 4.79 Å². The van der Waals surface area contributed by atoms with Gasteiger partial charge in [-0.15, -0.1) is 0 Å². The molecule has 1 aliphatic heterocycles. The molecule has 4 heteroatoms. The van der Waals surface area contributed by atoms with Crippen LogP contribution in [-0.2, 0) is 11.3 Å². The molecule has 0 radical (unpaired) electrons. The number of benzene rings is 3. The molecule has 0 aromatic heterocycles. The first-order valence-electron chi connectivity index (χ1n) is 8.74. The van der Waals surface area contributed by atoms with Gasteiger partial charge in [0.1, 0.15) is 0 Å². The molecule has 0 saturated heterocycles. The summed E-state index contributed by atoms with van der Waals surface area (Å²) < 4.78 is 0. The Morgan fingerprint density at radius 2 is 1.44 bits per heavy atom. The lowest BCUT2D eigenvalue weighted by Crippen LogP contribution is -2.29. The van der Waals surface area contributed by atoms with Crippen LogP contribution in [0.1, 0.15) is 22.7 Å². The first-order valence-corrected chi connectivity index (χ1v) is 9.12. The van der Waals surface area contributed by atoms with Crippen molar-refractivity contribution in [2.24, 2.45) is 0 Å². The predicted octanol–water partition coefficient (Wildman–Crippen LogP) is 5.39. The molecule has 1 heterocycles. The van der Waals surface area contributed by atoms with E-state index in [0.717, 1.165) is 16.7 Å². The van der Waals surface area contributed by atoms with E-state index in [-0.39, 0.29) is 17.7 Å². The molecule has 1 amide bonds. The molecule has 1 atom stereocenters.